The maximum atomic E-state index is 7.98. The standard InChI is InChI=1S/C16H14N5/c1-19-13-8-17-7-5-11(13)14-16(19)20(2)15-10-4-3-6-18-12(10)9-21(14)15/h3-8H,9H2,1-2H3/q+1/i1D3. The molecule has 5 nitrogen and oxygen atoms in total. The van der Waals surface area contributed by atoms with Crippen LogP contribution in [-0.2, 0) is 20.6 Å². The molecule has 102 valence electrons. The first-order valence-electron chi connectivity index (χ1n) is 8.30. The van der Waals surface area contributed by atoms with Gasteiger partial charge in [-0.25, -0.2) is 9.13 Å². The van der Waals surface area contributed by atoms with E-state index in [9.17, 15) is 0 Å². The van der Waals surface area contributed by atoms with Gasteiger partial charge in [-0.2, -0.15) is 0 Å². The van der Waals surface area contributed by atoms with Gasteiger partial charge >= 0.3 is 0 Å². The zero-order valence-corrected chi connectivity index (χ0v) is 11.4. The predicted octanol–water partition coefficient (Wildman–Crippen LogP) is 1.78. The van der Waals surface area contributed by atoms with Gasteiger partial charge in [-0.05, 0) is 18.2 Å². The molecule has 0 saturated carbocycles. The number of hydrogen-bond acceptors (Lipinski definition) is 2. The van der Waals surface area contributed by atoms with Crippen LogP contribution in [0.4, 0.5) is 0 Å². The fraction of sp³-hybridized carbons (Fsp3) is 0.188. The molecule has 0 amide bonds. The molecule has 0 saturated heterocycles. The lowest BCUT2D eigenvalue weighted by Gasteiger charge is -1.98. The Balaban J connectivity index is 2.02. The Morgan fingerprint density at radius 1 is 1.33 bits per heavy atom. The third kappa shape index (κ3) is 1.15. The third-order valence-corrected chi connectivity index (χ3v) is 4.32. The van der Waals surface area contributed by atoms with E-state index in [1.165, 1.54) is 4.57 Å². The fourth-order valence-corrected chi connectivity index (χ4v) is 3.46. The number of hydrogen-bond donors (Lipinski definition) is 0. The molecule has 5 heteroatoms. The van der Waals surface area contributed by atoms with E-state index in [0.29, 0.717) is 17.7 Å². The molecule has 4 aromatic heterocycles. The highest BCUT2D eigenvalue weighted by Gasteiger charge is 2.34. The summed E-state index contributed by atoms with van der Waals surface area (Å²) in [5.74, 6) is 0.986. The lowest BCUT2D eigenvalue weighted by Crippen LogP contribution is -2.31. The van der Waals surface area contributed by atoms with Gasteiger partial charge < -0.3 is 0 Å². The second-order valence-electron chi connectivity index (χ2n) is 5.37. The van der Waals surface area contributed by atoms with Crippen molar-refractivity contribution in [3.63, 3.8) is 0 Å². The first-order valence-corrected chi connectivity index (χ1v) is 6.80. The Hall–Kier alpha value is -2.69. The summed E-state index contributed by atoms with van der Waals surface area (Å²) < 4.78 is 29.5. The second-order valence-corrected chi connectivity index (χ2v) is 5.37. The lowest BCUT2D eigenvalue weighted by molar-refractivity contribution is -0.636. The molecule has 0 radical (unpaired) electrons. The Morgan fingerprint density at radius 3 is 3.19 bits per heavy atom. The number of pyridine rings is 2. The van der Waals surface area contributed by atoms with Gasteiger partial charge in [-0.15, -0.1) is 0 Å². The first-order chi connectivity index (χ1) is 11.5. The average Bonchev–Trinajstić information content (AvgIpc) is 3.15. The van der Waals surface area contributed by atoms with Crippen molar-refractivity contribution in [3.05, 3.63) is 42.5 Å². The molecule has 1 aliphatic heterocycles. The summed E-state index contributed by atoms with van der Waals surface area (Å²) in [6.45, 7) is -1.63. The molecule has 4 aromatic rings. The van der Waals surface area contributed by atoms with Gasteiger partial charge in [0.25, 0.3) is 5.65 Å². The summed E-state index contributed by atoms with van der Waals surface area (Å²) >= 11 is 0. The van der Waals surface area contributed by atoms with Gasteiger partial charge in [-0.1, -0.05) is 0 Å². The van der Waals surface area contributed by atoms with Gasteiger partial charge in [0.1, 0.15) is 12.1 Å². The number of aryl methyl sites for hydroxylation is 2. The number of imidazole rings is 1. The Kier molecular flexibility index (Phi) is 1.42. The van der Waals surface area contributed by atoms with Crippen LogP contribution in [0.1, 0.15) is 9.81 Å². The highest BCUT2D eigenvalue weighted by atomic mass is 15.2. The smallest absolute Gasteiger partial charge is 0.261 e. The zero-order chi connectivity index (χ0) is 16.6. The van der Waals surface area contributed by atoms with Crippen molar-refractivity contribution in [2.45, 2.75) is 6.54 Å². The molecular weight excluding hydrogens is 262 g/mol. The van der Waals surface area contributed by atoms with Crippen LogP contribution in [0.2, 0.25) is 0 Å². The minimum absolute atomic E-state index is 0.623. The predicted molar refractivity (Wildman–Crippen MR) is 79.7 cm³/mol. The van der Waals surface area contributed by atoms with Gasteiger partial charge in [0.15, 0.2) is 5.52 Å². The van der Waals surface area contributed by atoms with E-state index in [2.05, 4.69) is 14.5 Å². The van der Waals surface area contributed by atoms with E-state index in [4.69, 9.17) is 4.11 Å². The van der Waals surface area contributed by atoms with Crippen LogP contribution in [-0.4, -0.2) is 19.1 Å². The fourth-order valence-electron chi connectivity index (χ4n) is 3.46. The molecule has 5 heterocycles. The molecule has 21 heavy (non-hydrogen) atoms. The van der Waals surface area contributed by atoms with Crippen LogP contribution in [0.5, 0.6) is 0 Å². The van der Waals surface area contributed by atoms with E-state index < -0.39 is 6.98 Å². The van der Waals surface area contributed by atoms with E-state index in [-0.39, 0.29) is 0 Å². The van der Waals surface area contributed by atoms with Gasteiger partial charge in [0.05, 0.1) is 41.0 Å². The normalized spacial score (nSPS) is 15.8. The Labute approximate surface area is 125 Å². The maximum absolute atomic E-state index is 7.98. The lowest BCUT2D eigenvalue weighted by atomic mass is 10.2. The number of rotatable bonds is 0. The SMILES string of the molecule is [2H]C([2H])([2H])n1c2cnccc2c2c1[n+](C)c1n2Cc2ncccc2-1. The summed E-state index contributed by atoms with van der Waals surface area (Å²) in [7, 11) is 1.91. The summed E-state index contributed by atoms with van der Waals surface area (Å²) in [5.41, 5.74) is 4.28. The third-order valence-electron chi connectivity index (χ3n) is 4.32. The molecule has 1 aliphatic rings. The van der Waals surface area contributed by atoms with E-state index >= 15 is 0 Å². The van der Waals surface area contributed by atoms with Crippen molar-refractivity contribution in [2.24, 2.45) is 14.0 Å². The molecule has 0 N–H and O–H groups in total. The quantitative estimate of drug-likeness (QED) is 0.405. The summed E-state index contributed by atoms with van der Waals surface area (Å²) in [5, 5.41) is 0.894. The van der Waals surface area contributed by atoms with Crippen molar-refractivity contribution >= 4 is 22.1 Å². The monoisotopic (exact) mass is 279 g/mol. The van der Waals surface area contributed by atoms with Crippen LogP contribution in [0, 0.1) is 0 Å². The molecule has 0 aliphatic carbocycles. The van der Waals surface area contributed by atoms with Crippen molar-refractivity contribution in [3.8, 4) is 11.4 Å². The second kappa shape index (κ2) is 3.49. The topological polar surface area (TPSA) is 39.5 Å². The highest BCUT2D eigenvalue weighted by Crippen LogP contribution is 2.35. The molecule has 5 rings (SSSR count). The Morgan fingerprint density at radius 2 is 2.29 bits per heavy atom. The van der Waals surface area contributed by atoms with E-state index in [0.717, 1.165) is 28.0 Å². The van der Waals surface area contributed by atoms with E-state index in [1.807, 2.05) is 29.8 Å². The van der Waals surface area contributed by atoms with E-state index in [1.54, 1.807) is 18.6 Å². The van der Waals surface area contributed by atoms with Crippen LogP contribution in [0.3, 0.4) is 0 Å². The van der Waals surface area contributed by atoms with Crippen LogP contribution >= 0.6 is 0 Å². The summed E-state index contributed by atoms with van der Waals surface area (Å²) in [4.78, 5) is 8.59. The number of nitrogens with zero attached hydrogens (tertiary/aromatic N) is 5. The zero-order valence-electron chi connectivity index (χ0n) is 14.4. The summed E-state index contributed by atoms with van der Waals surface area (Å²) in [6.07, 6.45) is 5.11. The molecule has 0 fully saturated rings. The van der Waals surface area contributed by atoms with Crippen molar-refractivity contribution in [2.75, 3.05) is 0 Å². The molecule has 0 atom stereocenters. The molecule has 0 unspecified atom stereocenters. The van der Waals surface area contributed by atoms with Crippen LogP contribution in [0.25, 0.3) is 33.5 Å². The maximum Gasteiger partial charge on any atom is 0.269 e. The van der Waals surface area contributed by atoms with Crippen molar-refractivity contribution in [1.82, 2.24) is 19.1 Å². The van der Waals surface area contributed by atoms with Crippen molar-refractivity contribution in [1.29, 1.82) is 0 Å². The Bertz CT molecular complexity index is 1140. The first kappa shape index (κ1) is 8.56. The number of aromatic nitrogens is 5. The van der Waals surface area contributed by atoms with Crippen LogP contribution in [0.15, 0.2) is 36.8 Å². The molecule has 0 bridgehead atoms. The van der Waals surface area contributed by atoms with Gasteiger partial charge in [-0.3, -0.25) is 14.5 Å². The minimum Gasteiger partial charge on any atom is -0.261 e. The highest BCUT2D eigenvalue weighted by molar-refractivity contribution is 6.04. The number of fused-ring (bicyclic) bond motifs is 7. The van der Waals surface area contributed by atoms with Gasteiger partial charge in [0, 0.05) is 12.4 Å². The van der Waals surface area contributed by atoms with Crippen LogP contribution < -0.4 is 4.57 Å². The largest absolute Gasteiger partial charge is 0.269 e. The molecule has 0 spiro atoms. The molecular formula is C16H14N5+. The average molecular weight is 279 g/mol. The summed E-state index contributed by atoms with van der Waals surface area (Å²) in [6, 6.07) is 5.82. The minimum atomic E-state index is -2.28. The molecule has 0 aromatic carbocycles. The van der Waals surface area contributed by atoms with Gasteiger partial charge in [0.2, 0.25) is 5.82 Å². The van der Waals surface area contributed by atoms with Crippen molar-refractivity contribution < 1.29 is 8.68 Å².